The van der Waals surface area contributed by atoms with E-state index in [4.69, 9.17) is 0 Å². The molecule has 0 unspecified atom stereocenters. The number of rotatable bonds is 4. The summed E-state index contributed by atoms with van der Waals surface area (Å²) in [5, 5.41) is 25.7. The van der Waals surface area contributed by atoms with Gasteiger partial charge in [-0.1, -0.05) is 30.8 Å². The average molecular weight is 336 g/mol. The lowest BCUT2D eigenvalue weighted by atomic mass is 9.93. The summed E-state index contributed by atoms with van der Waals surface area (Å²) in [6.45, 7) is 6.06. The number of amidine groups is 1. The van der Waals surface area contributed by atoms with Gasteiger partial charge in [0.15, 0.2) is 0 Å². The third-order valence-electron chi connectivity index (χ3n) is 4.85. The van der Waals surface area contributed by atoms with Crippen LogP contribution >= 0.6 is 0 Å². The molecule has 0 aromatic heterocycles. The Morgan fingerprint density at radius 1 is 1.32 bits per heavy atom. The van der Waals surface area contributed by atoms with E-state index >= 15 is 0 Å². The van der Waals surface area contributed by atoms with Gasteiger partial charge in [0.25, 0.3) is 0 Å². The number of hydrogen-bond acceptors (Lipinski definition) is 5. The molecule has 2 aliphatic rings. The minimum atomic E-state index is -0.203. The van der Waals surface area contributed by atoms with Crippen molar-refractivity contribution in [1.29, 1.82) is 5.26 Å². The molecule has 0 atom stereocenters. The van der Waals surface area contributed by atoms with E-state index in [1.54, 1.807) is 0 Å². The summed E-state index contributed by atoms with van der Waals surface area (Å²) in [5.74, 6) is 1.38. The molecule has 1 aromatic rings. The lowest BCUT2D eigenvalue weighted by molar-refractivity contribution is 0.118. The van der Waals surface area contributed by atoms with Gasteiger partial charge in [-0.25, -0.2) is 4.99 Å². The largest absolute Gasteiger partial charge is 0.393 e. The molecule has 1 aromatic carbocycles. The van der Waals surface area contributed by atoms with Gasteiger partial charge in [0.1, 0.15) is 23.3 Å². The van der Waals surface area contributed by atoms with Crippen molar-refractivity contribution in [2.75, 3.05) is 0 Å². The van der Waals surface area contributed by atoms with Crippen molar-refractivity contribution >= 4 is 5.84 Å². The van der Waals surface area contributed by atoms with Crippen molar-refractivity contribution in [3.8, 4) is 6.07 Å². The molecule has 0 saturated heterocycles. The molecule has 1 heterocycles. The Labute approximate surface area is 148 Å². The first-order valence-electron chi connectivity index (χ1n) is 8.74. The van der Waals surface area contributed by atoms with Crippen LogP contribution in [-0.4, -0.2) is 23.1 Å². The third kappa shape index (κ3) is 4.09. The van der Waals surface area contributed by atoms with Crippen molar-refractivity contribution in [3.63, 3.8) is 0 Å². The molecule has 1 fully saturated rings. The van der Waals surface area contributed by atoms with Crippen molar-refractivity contribution in [2.24, 2.45) is 4.99 Å². The second-order valence-electron chi connectivity index (χ2n) is 6.75. The highest BCUT2D eigenvalue weighted by Crippen LogP contribution is 2.23. The van der Waals surface area contributed by atoms with Crippen LogP contribution in [0.3, 0.4) is 0 Å². The summed E-state index contributed by atoms with van der Waals surface area (Å²) in [6.07, 6.45) is 3.79. The Kier molecular flexibility index (Phi) is 5.20. The van der Waals surface area contributed by atoms with Crippen molar-refractivity contribution < 1.29 is 5.11 Å². The second-order valence-corrected chi connectivity index (χ2v) is 6.75. The van der Waals surface area contributed by atoms with Crippen LogP contribution in [0.5, 0.6) is 0 Å². The minimum absolute atomic E-state index is 0.203. The van der Waals surface area contributed by atoms with E-state index in [1.807, 2.05) is 12.1 Å². The molecule has 0 bridgehead atoms. The molecule has 130 valence electrons. The molecule has 0 amide bonds. The molecule has 0 radical (unpaired) electrons. The fourth-order valence-electron chi connectivity index (χ4n) is 3.31. The Balaban J connectivity index is 1.80. The maximum atomic E-state index is 9.66. The highest BCUT2D eigenvalue weighted by Gasteiger charge is 2.24. The van der Waals surface area contributed by atoms with E-state index in [9.17, 15) is 10.4 Å². The SMILES string of the molecule is C=C1NC(Cc2ccccc2C)=NC(N[C@H]2CC[C@H](O)CC2)=C1C#N. The van der Waals surface area contributed by atoms with E-state index in [2.05, 4.69) is 47.3 Å². The number of allylic oxidation sites excluding steroid dienone is 1. The van der Waals surface area contributed by atoms with Crippen molar-refractivity contribution in [1.82, 2.24) is 10.6 Å². The van der Waals surface area contributed by atoms with Gasteiger partial charge in [0, 0.05) is 12.5 Å². The van der Waals surface area contributed by atoms with E-state index in [1.165, 1.54) is 11.1 Å². The van der Waals surface area contributed by atoms with Crippen LogP contribution in [0.2, 0.25) is 0 Å². The van der Waals surface area contributed by atoms with Gasteiger partial charge in [-0.15, -0.1) is 0 Å². The number of hydrogen-bond donors (Lipinski definition) is 3. The Morgan fingerprint density at radius 2 is 2.04 bits per heavy atom. The van der Waals surface area contributed by atoms with Crippen molar-refractivity contribution in [2.45, 2.75) is 51.2 Å². The first kappa shape index (κ1) is 17.2. The smallest absolute Gasteiger partial charge is 0.148 e. The zero-order valence-corrected chi connectivity index (χ0v) is 14.5. The molecular weight excluding hydrogens is 312 g/mol. The molecular formula is C20H24N4O. The lowest BCUT2D eigenvalue weighted by Gasteiger charge is -2.29. The molecule has 1 aliphatic heterocycles. The van der Waals surface area contributed by atoms with E-state index in [0.29, 0.717) is 23.5 Å². The first-order chi connectivity index (χ1) is 12.1. The number of benzene rings is 1. The zero-order valence-electron chi connectivity index (χ0n) is 14.5. The summed E-state index contributed by atoms with van der Waals surface area (Å²) < 4.78 is 0. The maximum absolute atomic E-state index is 9.66. The molecule has 0 spiro atoms. The zero-order chi connectivity index (χ0) is 17.8. The average Bonchev–Trinajstić information content (AvgIpc) is 2.59. The standard InChI is InChI=1S/C20H24N4O/c1-13-5-3-4-6-15(13)11-19-22-14(2)18(12-21)20(24-19)23-16-7-9-17(25)10-8-16/h3-6,16-17,23,25H,2,7-11H2,1H3,(H,22,24)/t16-,17-. The van der Waals surface area contributed by atoms with Gasteiger partial charge in [-0.05, 0) is 43.7 Å². The quantitative estimate of drug-likeness (QED) is 0.790. The predicted molar refractivity (Wildman–Crippen MR) is 98.6 cm³/mol. The van der Waals surface area contributed by atoms with Crippen LogP contribution in [0.1, 0.15) is 36.8 Å². The molecule has 1 aliphatic carbocycles. The van der Waals surface area contributed by atoms with Gasteiger partial charge in [-0.2, -0.15) is 5.26 Å². The van der Waals surface area contributed by atoms with Crippen LogP contribution in [-0.2, 0) is 6.42 Å². The predicted octanol–water partition coefficient (Wildman–Crippen LogP) is 2.68. The Hall–Kier alpha value is -2.58. The van der Waals surface area contributed by atoms with Gasteiger partial charge in [0.2, 0.25) is 0 Å². The molecule has 25 heavy (non-hydrogen) atoms. The summed E-state index contributed by atoms with van der Waals surface area (Å²) in [7, 11) is 0. The number of nitrogens with one attached hydrogen (secondary N) is 2. The maximum Gasteiger partial charge on any atom is 0.148 e. The monoisotopic (exact) mass is 336 g/mol. The fourth-order valence-corrected chi connectivity index (χ4v) is 3.31. The van der Waals surface area contributed by atoms with E-state index in [-0.39, 0.29) is 12.1 Å². The summed E-state index contributed by atoms with van der Waals surface area (Å²) >= 11 is 0. The van der Waals surface area contributed by atoms with E-state index in [0.717, 1.165) is 31.5 Å². The number of aryl methyl sites for hydroxylation is 1. The molecule has 3 rings (SSSR count). The fraction of sp³-hybridized carbons (Fsp3) is 0.400. The highest BCUT2D eigenvalue weighted by molar-refractivity contribution is 5.89. The molecule has 5 heteroatoms. The number of aliphatic hydroxyl groups excluding tert-OH is 1. The van der Waals surface area contributed by atoms with Crippen LogP contribution in [0.4, 0.5) is 0 Å². The normalized spacial score (nSPS) is 23.6. The summed E-state index contributed by atoms with van der Waals surface area (Å²) in [5.41, 5.74) is 3.45. The Bertz CT molecular complexity index is 764. The lowest BCUT2D eigenvalue weighted by Crippen LogP contribution is -2.38. The van der Waals surface area contributed by atoms with Crippen molar-refractivity contribution in [3.05, 3.63) is 59.1 Å². The summed E-state index contributed by atoms with van der Waals surface area (Å²) in [4.78, 5) is 4.66. The van der Waals surface area contributed by atoms with Crippen LogP contribution < -0.4 is 10.6 Å². The first-order valence-corrected chi connectivity index (χ1v) is 8.74. The molecule has 5 nitrogen and oxygen atoms in total. The number of aliphatic imine (C=N–C) groups is 1. The number of nitriles is 1. The van der Waals surface area contributed by atoms with Gasteiger partial charge in [-0.3, -0.25) is 0 Å². The third-order valence-corrected chi connectivity index (χ3v) is 4.85. The number of aliphatic hydroxyl groups is 1. The minimum Gasteiger partial charge on any atom is -0.393 e. The molecule has 1 saturated carbocycles. The van der Waals surface area contributed by atoms with Gasteiger partial charge < -0.3 is 15.7 Å². The second kappa shape index (κ2) is 7.54. The highest BCUT2D eigenvalue weighted by atomic mass is 16.3. The van der Waals surface area contributed by atoms with Gasteiger partial charge >= 0.3 is 0 Å². The van der Waals surface area contributed by atoms with Crippen LogP contribution in [0.25, 0.3) is 0 Å². The number of nitrogens with zero attached hydrogens (tertiary/aromatic N) is 2. The Morgan fingerprint density at radius 3 is 2.72 bits per heavy atom. The van der Waals surface area contributed by atoms with Crippen LogP contribution in [0.15, 0.2) is 52.9 Å². The topological polar surface area (TPSA) is 80.4 Å². The van der Waals surface area contributed by atoms with E-state index < -0.39 is 0 Å². The van der Waals surface area contributed by atoms with Gasteiger partial charge in [0.05, 0.1) is 11.8 Å². The molecule has 3 N–H and O–H groups in total. The van der Waals surface area contributed by atoms with Crippen LogP contribution in [0, 0.1) is 18.3 Å². The summed E-state index contributed by atoms with van der Waals surface area (Å²) in [6, 6.07) is 10.6.